The topological polar surface area (TPSA) is 100 Å². The second-order valence-electron chi connectivity index (χ2n) is 9.66. The molecule has 0 atom stereocenters. The van der Waals surface area contributed by atoms with Crippen LogP contribution in [0.4, 0.5) is 17.5 Å². The van der Waals surface area contributed by atoms with E-state index in [4.69, 9.17) is 9.72 Å². The number of anilines is 3. The van der Waals surface area contributed by atoms with Gasteiger partial charge in [-0.15, -0.1) is 0 Å². The van der Waals surface area contributed by atoms with Crippen LogP contribution >= 0.6 is 0 Å². The van der Waals surface area contributed by atoms with E-state index in [2.05, 4.69) is 43.5 Å². The Balaban J connectivity index is 1.18. The van der Waals surface area contributed by atoms with E-state index < -0.39 is 0 Å². The molecular weight excluding hydrogens is 432 g/mol. The van der Waals surface area contributed by atoms with Crippen molar-refractivity contribution in [3.63, 3.8) is 0 Å². The van der Waals surface area contributed by atoms with Crippen LogP contribution < -0.4 is 10.6 Å². The molecule has 0 unspecified atom stereocenters. The number of piperidine rings is 1. The molecule has 1 saturated carbocycles. The Hall–Kier alpha value is -2.72. The van der Waals surface area contributed by atoms with E-state index in [0.717, 1.165) is 56.9 Å². The van der Waals surface area contributed by atoms with Gasteiger partial charge in [0.15, 0.2) is 0 Å². The van der Waals surface area contributed by atoms with Gasteiger partial charge in [0.2, 0.25) is 11.9 Å². The van der Waals surface area contributed by atoms with Crippen LogP contribution in [-0.2, 0) is 9.53 Å². The SMILES string of the molecule is CN1CCC(n2cc(Nc3ncc(C4CC4)c(NCCCN4CCOCCC4=O)n3)cn2)CC1. The molecular formula is C24H36N8O2. The van der Waals surface area contributed by atoms with Gasteiger partial charge in [0.05, 0.1) is 37.6 Å². The van der Waals surface area contributed by atoms with E-state index in [1.54, 1.807) is 0 Å². The zero-order valence-electron chi connectivity index (χ0n) is 20.1. The van der Waals surface area contributed by atoms with Gasteiger partial charge in [0, 0.05) is 37.6 Å². The second kappa shape index (κ2) is 10.7. The molecule has 1 amide bonds. The van der Waals surface area contributed by atoms with Crippen molar-refractivity contribution >= 4 is 23.4 Å². The van der Waals surface area contributed by atoms with Crippen molar-refractivity contribution < 1.29 is 9.53 Å². The fourth-order valence-electron chi connectivity index (χ4n) is 4.71. The molecule has 2 saturated heterocycles. The van der Waals surface area contributed by atoms with Crippen LogP contribution in [-0.4, -0.2) is 88.4 Å². The van der Waals surface area contributed by atoms with Gasteiger partial charge < -0.3 is 25.2 Å². The van der Waals surface area contributed by atoms with Gasteiger partial charge in [0.25, 0.3) is 0 Å². The Morgan fingerprint density at radius 2 is 1.97 bits per heavy atom. The fraction of sp³-hybridized carbons (Fsp3) is 0.667. The lowest BCUT2D eigenvalue weighted by atomic mass is 10.1. The van der Waals surface area contributed by atoms with Crippen LogP contribution in [0, 0.1) is 0 Å². The summed E-state index contributed by atoms with van der Waals surface area (Å²) in [6, 6.07) is 0.449. The van der Waals surface area contributed by atoms with Crippen molar-refractivity contribution in [2.45, 2.75) is 50.5 Å². The van der Waals surface area contributed by atoms with Gasteiger partial charge in [-0.25, -0.2) is 4.98 Å². The van der Waals surface area contributed by atoms with E-state index in [1.807, 2.05) is 17.3 Å². The lowest BCUT2D eigenvalue weighted by Crippen LogP contribution is -2.33. The zero-order chi connectivity index (χ0) is 23.3. The average molecular weight is 469 g/mol. The summed E-state index contributed by atoms with van der Waals surface area (Å²) in [6.45, 7) is 5.54. The summed E-state index contributed by atoms with van der Waals surface area (Å²) in [5.41, 5.74) is 2.10. The number of hydrogen-bond donors (Lipinski definition) is 2. The number of ether oxygens (including phenoxy) is 1. The maximum Gasteiger partial charge on any atom is 0.229 e. The molecule has 2 aromatic rings. The summed E-state index contributed by atoms with van der Waals surface area (Å²) in [7, 11) is 2.17. The molecule has 10 nitrogen and oxygen atoms in total. The van der Waals surface area contributed by atoms with E-state index in [9.17, 15) is 4.79 Å². The molecule has 1 aliphatic carbocycles. The Morgan fingerprint density at radius 1 is 1.12 bits per heavy atom. The van der Waals surface area contributed by atoms with Gasteiger partial charge in [-0.1, -0.05) is 0 Å². The van der Waals surface area contributed by atoms with Crippen molar-refractivity contribution in [1.29, 1.82) is 0 Å². The van der Waals surface area contributed by atoms with Crippen molar-refractivity contribution in [3.05, 3.63) is 24.2 Å². The normalized spacial score (nSPS) is 20.4. The van der Waals surface area contributed by atoms with Gasteiger partial charge in [0.1, 0.15) is 5.82 Å². The minimum atomic E-state index is 0.186. The molecule has 3 fully saturated rings. The molecule has 0 aromatic carbocycles. The summed E-state index contributed by atoms with van der Waals surface area (Å²) < 4.78 is 7.48. The summed E-state index contributed by atoms with van der Waals surface area (Å²) in [5.74, 6) is 2.21. The predicted molar refractivity (Wildman–Crippen MR) is 130 cm³/mol. The minimum absolute atomic E-state index is 0.186. The van der Waals surface area contributed by atoms with E-state index >= 15 is 0 Å². The third kappa shape index (κ3) is 5.85. The Bertz CT molecular complexity index is 968. The number of nitrogens with zero attached hydrogens (tertiary/aromatic N) is 6. The first-order valence-corrected chi connectivity index (χ1v) is 12.6. The van der Waals surface area contributed by atoms with E-state index in [0.29, 0.717) is 44.1 Å². The molecule has 0 radical (unpaired) electrons. The highest BCUT2D eigenvalue weighted by molar-refractivity contribution is 5.76. The molecule has 0 bridgehead atoms. The first kappa shape index (κ1) is 23.0. The molecule has 5 rings (SSSR count). The van der Waals surface area contributed by atoms with Crippen LogP contribution in [0.3, 0.4) is 0 Å². The minimum Gasteiger partial charge on any atom is -0.379 e. The fourth-order valence-corrected chi connectivity index (χ4v) is 4.71. The number of likely N-dealkylation sites (tertiary alicyclic amines) is 1. The lowest BCUT2D eigenvalue weighted by Gasteiger charge is -2.28. The highest BCUT2D eigenvalue weighted by Gasteiger charge is 2.28. The Labute approximate surface area is 201 Å². The first-order chi connectivity index (χ1) is 16.7. The van der Waals surface area contributed by atoms with Crippen molar-refractivity contribution in [2.75, 3.05) is 63.6 Å². The molecule has 10 heteroatoms. The Morgan fingerprint density at radius 3 is 2.79 bits per heavy atom. The third-order valence-corrected chi connectivity index (χ3v) is 6.97. The van der Waals surface area contributed by atoms with Crippen LogP contribution in [0.1, 0.15) is 56.0 Å². The molecule has 2 N–H and O–H groups in total. The van der Waals surface area contributed by atoms with Crippen LogP contribution in [0.15, 0.2) is 18.6 Å². The highest BCUT2D eigenvalue weighted by atomic mass is 16.5. The third-order valence-electron chi connectivity index (χ3n) is 6.97. The maximum absolute atomic E-state index is 12.2. The van der Waals surface area contributed by atoms with Crippen LogP contribution in [0.2, 0.25) is 0 Å². The lowest BCUT2D eigenvalue weighted by molar-refractivity contribution is -0.130. The quantitative estimate of drug-likeness (QED) is 0.542. The van der Waals surface area contributed by atoms with Crippen LogP contribution in [0.25, 0.3) is 0 Å². The predicted octanol–water partition coefficient (Wildman–Crippen LogP) is 2.61. The van der Waals surface area contributed by atoms with Gasteiger partial charge in [-0.05, 0) is 58.2 Å². The second-order valence-corrected chi connectivity index (χ2v) is 9.66. The van der Waals surface area contributed by atoms with Crippen molar-refractivity contribution in [2.24, 2.45) is 0 Å². The number of aromatic nitrogens is 4. The van der Waals surface area contributed by atoms with Gasteiger partial charge in [-0.2, -0.15) is 10.1 Å². The molecule has 34 heavy (non-hydrogen) atoms. The number of hydrogen-bond acceptors (Lipinski definition) is 8. The van der Waals surface area contributed by atoms with Gasteiger partial charge in [-0.3, -0.25) is 9.48 Å². The summed E-state index contributed by atoms with van der Waals surface area (Å²) in [6.07, 6.45) is 11.8. The molecule has 4 heterocycles. The Kier molecular flexibility index (Phi) is 7.24. The molecule has 2 aliphatic heterocycles. The molecule has 3 aliphatic rings. The number of rotatable bonds is 9. The number of carbonyl (C=O) groups excluding carboxylic acids is 1. The monoisotopic (exact) mass is 468 g/mol. The first-order valence-electron chi connectivity index (χ1n) is 12.6. The smallest absolute Gasteiger partial charge is 0.229 e. The summed E-state index contributed by atoms with van der Waals surface area (Å²) >= 11 is 0. The summed E-state index contributed by atoms with van der Waals surface area (Å²) in [5, 5.41) is 11.4. The molecule has 0 spiro atoms. The largest absolute Gasteiger partial charge is 0.379 e. The zero-order valence-corrected chi connectivity index (χ0v) is 20.1. The van der Waals surface area contributed by atoms with Gasteiger partial charge >= 0.3 is 0 Å². The van der Waals surface area contributed by atoms with E-state index in [1.165, 1.54) is 18.4 Å². The summed E-state index contributed by atoms with van der Waals surface area (Å²) in [4.78, 5) is 25.8. The number of amides is 1. The maximum atomic E-state index is 12.2. The standard InChI is InChI=1S/C24H36N8O2/c1-30-10-5-20(6-11-30)32-17-19(15-27-32)28-24-26-16-21(18-3-4-18)23(29-24)25-8-2-9-31-12-14-34-13-7-22(31)33/h15-18,20H,2-14H2,1H3,(H2,25,26,28,29). The van der Waals surface area contributed by atoms with E-state index in [-0.39, 0.29) is 5.91 Å². The molecule has 2 aromatic heterocycles. The number of carbonyl (C=O) groups is 1. The average Bonchev–Trinajstić information content (AvgIpc) is 3.62. The number of nitrogens with one attached hydrogen (secondary N) is 2. The van der Waals surface area contributed by atoms with Crippen molar-refractivity contribution in [1.82, 2.24) is 29.5 Å². The van der Waals surface area contributed by atoms with Crippen LogP contribution in [0.5, 0.6) is 0 Å². The highest BCUT2D eigenvalue weighted by Crippen LogP contribution is 2.42. The van der Waals surface area contributed by atoms with Crippen molar-refractivity contribution in [3.8, 4) is 0 Å². The molecule has 184 valence electrons.